The highest BCUT2D eigenvalue weighted by atomic mass is 16.2. The molecule has 29 heavy (non-hydrogen) atoms. The molecule has 5 heteroatoms. The number of para-hydroxylation sites is 1. The van der Waals surface area contributed by atoms with Gasteiger partial charge in [0.25, 0.3) is 0 Å². The monoisotopic (exact) mass is 396 g/mol. The van der Waals surface area contributed by atoms with Crippen molar-refractivity contribution in [2.75, 3.05) is 50.7 Å². The van der Waals surface area contributed by atoms with E-state index in [0.29, 0.717) is 11.9 Å². The van der Waals surface area contributed by atoms with E-state index in [2.05, 4.69) is 50.8 Å². The van der Waals surface area contributed by atoms with E-state index in [1.165, 1.54) is 43.4 Å². The molecule has 1 aliphatic carbocycles. The molecule has 5 nitrogen and oxygen atoms in total. The van der Waals surface area contributed by atoms with Crippen LogP contribution in [0.5, 0.6) is 0 Å². The summed E-state index contributed by atoms with van der Waals surface area (Å²) in [7, 11) is 0. The molecule has 1 amide bonds. The molecule has 158 valence electrons. The van der Waals surface area contributed by atoms with Gasteiger partial charge in [-0.05, 0) is 37.8 Å². The van der Waals surface area contributed by atoms with Crippen molar-refractivity contribution in [2.45, 2.75) is 63.6 Å². The molecule has 3 heterocycles. The van der Waals surface area contributed by atoms with Crippen molar-refractivity contribution in [3.63, 3.8) is 0 Å². The van der Waals surface area contributed by atoms with E-state index in [4.69, 9.17) is 0 Å². The van der Waals surface area contributed by atoms with Crippen LogP contribution in [0.4, 0.5) is 5.69 Å². The quantitative estimate of drug-likeness (QED) is 0.786. The van der Waals surface area contributed by atoms with E-state index in [0.717, 1.165) is 58.3 Å². The highest BCUT2D eigenvalue weighted by Gasteiger charge is 2.38. The van der Waals surface area contributed by atoms with Crippen molar-refractivity contribution in [3.8, 4) is 0 Å². The third-order valence-electron chi connectivity index (χ3n) is 7.90. The maximum Gasteiger partial charge on any atom is 0.239 e. The minimum atomic E-state index is 0.0128. The largest absolute Gasteiger partial charge is 0.364 e. The topological polar surface area (TPSA) is 30.0 Å². The summed E-state index contributed by atoms with van der Waals surface area (Å²) in [5.74, 6) is 0.340. The molecule has 2 atom stereocenters. The van der Waals surface area contributed by atoms with Gasteiger partial charge in [0.1, 0.15) is 0 Å². The number of nitrogens with zero attached hydrogens (tertiary/aromatic N) is 4. The lowest BCUT2D eigenvalue weighted by Gasteiger charge is -2.44. The zero-order chi connectivity index (χ0) is 19.8. The predicted molar refractivity (Wildman–Crippen MR) is 117 cm³/mol. The molecule has 0 radical (unpaired) electrons. The zero-order valence-corrected chi connectivity index (χ0v) is 17.9. The molecule has 3 fully saturated rings. The molecule has 0 bridgehead atoms. The predicted octanol–water partition coefficient (Wildman–Crippen LogP) is 2.60. The minimum absolute atomic E-state index is 0.0128. The van der Waals surface area contributed by atoms with Crippen LogP contribution in [0.15, 0.2) is 24.3 Å². The average Bonchev–Trinajstić information content (AvgIpc) is 3.16. The summed E-state index contributed by atoms with van der Waals surface area (Å²) in [5.41, 5.74) is 2.83. The second-order valence-corrected chi connectivity index (χ2v) is 9.50. The third kappa shape index (κ3) is 3.79. The molecule has 4 aliphatic rings. The zero-order valence-electron chi connectivity index (χ0n) is 17.9. The molecule has 5 rings (SSSR count). The Kier molecular flexibility index (Phi) is 5.53. The van der Waals surface area contributed by atoms with Gasteiger partial charge in [0, 0.05) is 57.5 Å². The number of rotatable bonds is 3. The Morgan fingerprint density at radius 3 is 2.48 bits per heavy atom. The summed E-state index contributed by atoms with van der Waals surface area (Å²) in [5, 5.41) is 0. The van der Waals surface area contributed by atoms with Crippen LogP contribution in [0, 0.1) is 0 Å². The van der Waals surface area contributed by atoms with E-state index in [-0.39, 0.29) is 6.04 Å². The fourth-order valence-corrected chi connectivity index (χ4v) is 6.12. The molecule has 2 saturated heterocycles. The number of benzene rings is 1. The molecular weight excluding hydrogens is 360 g/mol. The minimum Gasteiger partial charge on any atom is -0.364 e. The highest BCUT2D eigenvalue weighted by molar-refractivity contribution is 5.82. The van der Waals surface area contributed by atoms with Gasteiger partial charge in [0.15, 0.2) is 0 Å². The molecule has 3 aliphatic heterocycles. The van der Waals surface area contributed by atoms with Gasteiger partial charge in [-0.1, -0.05) is 37.5 Å². The first-order chi connectivity index (χ1) is 14.2. The molecule has 0 N–H and O–H groups in total. The first kappa shape index (κ1) is 19.4. The molecule has 1 aromatic rings. The van der Waals surface area contributed by atoms with Crippen LogP contribution in [0.1, 0.15) is 44.6 Å². The number of hydrogen-bond donors (Lipinski definition) is 0. The van der Waals surface area contributed by atoms with Gasteiger partial charge in [-0.15, -0.1) is 0 Å². The summed E-state index contributed by atoms with van der Waals surface area (Å²) in [6.45, 7) is 9.18. The van der Waals surface area contributed by atoms with E-state index >= 15 is 0 Å². The van der Waals surface area contributed by atoms with Gasteiger partial charge in [0.05, 0.1) is 12.1 Å². The SMILES string of the molecule is C[C@H](C(=O)N1CCN2c3ccccc3C[C@H]2C1)N1CCN(C2CCCCC2)CC1. The van der Waals surface area contributed by atoms with Crippen molar-refractivity contribution in [2.24, 2.45) is 0 Å². The van der Waals surface area contributed by atoms with Crippen molar-refractivity contribution < 1.29 is 4.79 Å². The second kappa shape index (κ2) is 8.27. The van der Waals surface area contributed by atoms with E-state index in [9.17, 15) is 4.79 Å². The van der Waals surface area contributed by atoms with Crippen molar-refractivity contribution in [1.82, 2.24) is 14.7 Å². The lowest BCUT2D eigenvalue weighted by Crippen LogP contribution is -2.60. The maximum absolute atomic E-state index is 13.3. The third-order valence-corrected chi connectivity index (χ3v) is 7.90. The van der Waals surface area contributed by atoms with Crippen LogP contribution in [-0.4, -0.2) is 84.5 Å². The van der Waals surface area contributed by atoms with E-state index in [1.807, 2.05) is 0 Å². The normalized spacial score (nSPS) is 27.6. The Hall–Kier alpha value is -1.59. The molecule has 0 unspecified atom stereocenters. The highest BCUT2D eigenvalue weighted by Crippen LogP contribution is 2.34. The molecule has 1 aromatic carbocycles. The Bertz CT molecular complexity index is 723. The van der Waals surface area contributed by atoms with Crippen LogP contribution in [0.25, 0.3) is 0 Å². The fourth-order valence-electron chi connectivity index (χ4n) is 6.12. The average molecular weight is 397 g/mol. The molecular formula is C24H36N4O. The number of carbonyl (C=O) groups is 1. The standard InChI is InChI=1S/C24H36N4O/c1-19(25-11-13-26(14-12-25)21-8-3-2-4-9-21)24(29)27-15-16-28-22(18-27)17-20-7-5-6-10-23(20)28/h5-7,10,19,21-22H,2-4,8-9,11-18H2,1H3/t19-,22+/m1/s1. The van der Waals surface area contributed by atoms with E-state index < -0.39 is 0 Å². The summed E-state index contributed by atoms with van der Waals surface area (Å²) < 4.78 is 0. The first-order valence-corrected chi connectivity index (χ1v) is 11.8. The molecule has 0 aromatic heterocycles. The Morgan fingerprint density at radius 2 is 1.69 bits per heavy atom. The smallest absolute Gasteiger partial charge is 0.239 e. The van der Waals surface area contributed by atoms with Crippen LogP contribution in [-0.2, 0) is 11.2 Å². The van der Waals surface area contributed by atoms with Crippen LogP contribution in [0.2, 0.25) is 0 Å². The molecule has 1 saturated carbocycles. The van der Waals surface area contributed by atoms with E-state index in [1.54, 1.807) is 0 Å². The number of anilines is 1. The Balaban J connectivity index is 1.15. The summed E-state index contributed by atoms with van der Waals surface area (Å²) >= 11 is 0. The maximum atomic E-state index is 13.3. The van der Waals surface area contributed by atoms with Gasteiger partial charge in [-0.25, -0.2) is 0 Å². The molecule has 0 spiro atoms. The van der Waals surface area contributed by atoms with Crippen LogP contribution >= 0.6 is 0 Å². The Morgan fingerprint density at radius 1 is 0.931 bits per heavy atom. The van der Waals surface area contributed by atoms with Gasteiger partial charge in [-0.3, -0.25) is 14.6 Å². The fraction of sp³-hybridized carbons (Fsp3) is 0.708. The number of amides is 1. The van der Waals surface area contributed by atoms with Crippen molar-refractivity contribution >= 4 is 11.6 Å². The van der Waals surface area contributed by atoms with Gasteiger partial charge >= 0.3 is 0 Å². The number of fused-ring (bicyclic) bond motifs is 3. The van der Waals surface area contributed by atoms with Crippen molar-refractivity contribution in [3.05, 3.63) is 29.8 Å². The second-order valence-electron chi connectivity index (χ2n) is 9.50. The van der Waals surface area contributed by atoms with Gasteiger partial charge in [0.2, 0.25) is 5.91 Å². The van der Waals surface area contributed by atoms with Crippen LogP contribution in [0.3, 0.4) is 0 Å². The summed E-state index contributed by atoms with van der Waals surface area (Å²) in [6.07, 6.45) is 8.05. The summed E-state index contributed by atoms with van der Waals surface area (Å²) in [4.78, 5) is 23.1. The first-order valence-electron chi connectivity index (χ1n) is 11.8. The summed E-state index contributed by atoms with van der Waals surface area (Å²) in [6, 6.07) is 10.0. The van der Waals surface area contributed by atoms with Gasteiger partial charge in [-0.2, -0.15) is 0 Å². The van der Waals surface area contributed by atoms with Crippen molar-refractivity contribution in [1.29, 1.82) is 0 Å². The lowest BCUT2D eigenvalue weighted by molar-refractivity contribution is -0.138. The Labute approximate surface area is 175 Å². The number of carbonyl (C=O) groups excluding carboxylic acids is 1. The lowest BCUT2D eigenvalue weighted by atomic mass is 9.93. The van der Waals surface area contributed by atoms with Crippen LogP contribution < -0.4 is 4.90 Å². The number of hydrogen-bond acceptors (Lipinski definition) is 4. The van der Waals surface area contributed by atoms with Gasteiger partial charge < -0.3 is 9.80 Å². The number of piperazine rings is 2.